The van der Waals surface area contributed by atoms with E-state index in [4.69, 9.17) is 0 Å². The number of rotatable bonds is 5. The standard InChI is InChI=1S/C17H19N5O/c1-14-6-3-7-15(2)17(14)22(13-21-11-5-9-19-21)16(23)12-20-10-4-8-18-20/h3-11H,12-13H2,1-2H3. The summed E-state index contributed by atoms with van der Waals surface area (Å²) in [6.07, 6.45) is 7.02. The molecule has 0 aliphatic rings. The van der Waals surface area contributed by atoms with Crippen molar-refractivity contribution in [2.75, 3.05) is 4.90 Å². The van der Waals surface area contributed by atoms with Gasteiger partial charge in [-0.25, -0.2) is 0 Å². The summed E-state index contributed by atoms with van der Waals surface area (Å²) in [7, 11) is 0. The zero-order valence-corrected chi connectivity index (χ0v) is 13.3. The van der Waals surface area contributed by atoms with Gasteiger partial charge in [0, 0.05) is 24.8 Å². The molecule has 3 rings (SSSR count). The lowest BCUT2D eigenvalue weighted by Crippen LogP contribution is -2.36. The minimum Gasteiger partial charge on any atom is -0.290 e. The summed E-state index contributed by atoms with van der Waals surface area (Å²) in [6.45, 7) is 4.60. The van der Waals surface area contributed by atoms with Crippen molar-refractivity contribution in [3.8, 4) is 0 Å². The first-order valence-corrected chi connectivity index (χ1v) is 7.46. The Morgan fingerprint density at radius 2 is 1.61 bits per heavy atom. The van der Waals surface area contributed by atoms with Gasteiger partial charge in [-0.1, -0.05) is 18.2 Å². The molecule has 2 aromatic heterocycles. The van der Waals surface area contributed by atoms with Crippen LogP contribution in [0.3, 0.4) is 0 Å². The molecule has 1 amide bonds. The normalized spacial score (nSPS) is 10.7. The van der Waals surface area contributed by atoms with E-state index in [1.54, 1.807) is 32.9 Å². The van der Waals surface area contributed by atoms with Crippen LogP contribution in [0, 0.1) is 13.8 Å². The minimum atomic E-state index is -0.0263. The highest BCUT2D eigenvalue weighted by Gasteiger charge is 2.20. The van der Waals surface area contributed by atoms with Crippen LogP contribution in [-0.2, 0) is 18.0 Å². The van der Waals surface area contributed by atoms with Gasteiger partial charge >= 0.3 is 0 Å². The summed E-state index contributed by atoms with van der Waals surface area (Å²) in [5.74, 6) is -0.0263. The monoisotopic (exact) mass is 309 g/mol. The van der Waals surface area contributed by atoms with Gasteiger partial charge in [0.05, 0.1) is 5.69 Å². The molecular weight excluding hydrogens is 290 g/mol. The second-order valence-corrected chi connectivity index (χ2v) is 5.45. The van der Waals surface area contributed by atoms with E-state index in [0.717, 1.165) is 16.8 Å². The molecule has 0 N–H and O–H groups in total. The number of aromatic nitrogens is 4. The molecule has 0 fully saturated rings. The average Bonchev–Trinajstić information content (AvgIpc) is 3.19. The van der Waals surface area contributed by atoms with Gasteiger partial charge in [-0.2, -0.15) is 10.2 Å². The lowest BCUT2D eigenvalue weighted by Gasteiger charge is -2.26. The fraction of sp³-hybridized carbons (Fsp3) is 0.235. The summed E-state index contributed by atoms with van der Waals surface area (Å²) in [5, 5.41) is 8.34. The number of amides is 1. The number of hydrogen-bond donors (Lipinski definition) is 0. The van der Waals surface area contributed by atoms with Crippen LogP contribution in [0.15, 0.2) is 55.1 Å². The topological polar surface area (TPSA) is 56.0 Å². The molecule has 118 valence electrons. The Morgan fingerprint density at radius 3 is 2.17 bits per heavy atom. The van der Waals surface area contributed by atoms with Gasteiger partial charge in [-0.05, 0) is 37.1 Å². The number of nitrogens with zero attached hydrogens (tertiary/aromatic N) is 5. The maximum absolute atomic E-state index is 12.9. The Labute approximate surface area is 135 Å². The fourth-order valence-electron chi connectivity index (χ4n) is 2.65. The van der Waals surface area contributed by atoms with Gasteiger partial charge in [-0.3, -0.25) is 19.1 Å². The molecule has 1 aromatic carbocycles. The zero-order valence-electron chi connectivity index (χ0n) is 13.3. The van der Waals surface area contributed by atoms with Crippen molar-refractivity contribution in [3.05, 3.63) is 66.2 Å². The Bertz CT molecular complexity index is 757. The first-order valence-electron chi connectivity index (χ1n) is 7.46. The number of benzene rings is 1. The first kappa shape index (κ1) is 15.0. The largest absolute Gasteiger partial charge is 0.290 e. The van der Waals surface area contributed by atoms with Crippen molar-refractivity contribution in [2.45, 2.75) is 27.1 Å². The minimum absolute atomic E-state index is 0.0263. The molecule has 0 aliphatic carbocycles. The Kier molecular flexibility index (Phi) is 4.23. The van der Waals surface area contributed by atoms with Crippen LogP contribution in [0.2, 0.25) is 0 Å². The summed E-state index contributed by atoms with van der Waals surface area (Å²) in [4.78, 5) is 14.6. The third-order valence-electron chi connectivity index (χ3n) is 3.71. The number of para-hydroxylation sites is 1. The van der Waals surface area contributed by atoms with Crippen LogP contribution in [0.5, 0.6) is 0 Å². The van der Waals surface area contributed by atoms with E-state index in [2.05, 4.69) is 10.2 Å². The average molecular weight is 309 g/mol. The summed E-state index contributed by atoms with van der Waals surface area (Å²) in [5.41, 5.74) is 3.05. The molecule has 6 heteroatoms. The smallest absolute Gasteiger partial charge is 0.250 e. The highest BCUT2D eigenvalue weighted by molar-refractivity contribution is 5.94. The number of carbonyl (C=O) groups excluding carboxylic acids is 1. The van der Waals surface area contributed by atoms with Crippen LogP contribution >= 0.6 is 0 Å². The van der Waals surface area contributed by atoms with Gasteiger partial charge in [0.25, 0.3) is 0 Å². The lowest BCUT2D eigenvalue weighted by atomic mass is 10.1. The van der Waals surface area contributed by atoms with E-state index < -0.39 is 0 Å². The highest BCUT2D eigenvalue weighted by atomic mass is 16.2. The van der Waals surface area contributed by atoms with Gasteiger partial charge in [0.2, 0.25) is 5.91 Å². The maximum Gasteiger partial charge on any atom is 0.250 e. The zero-order chi connectivity index (χ0) is 16.2. The van der Waals surface area contributed by atoms with E-state index >= 15 is 0 Å². The van der Waals surface area contributed by atoms with Gasteiger partial charge < -0.3 is 0 Å². The second-order valence-electron chi connectivity index (χ2n) is 5.45. The summed E-state index contributed by atoms with van der Waals surface area (Å²) in [6, 6.07) is 9.68. The van der Waals surface area contributed by atoms with Gasteiger partial charge in [0.1, 0.15) is 13.2 Å². The Hall–Kier alpha value is -2.89. The fourth-order valence-corrected chi connectivity index (χ4v) is 2.65. The molecule has 23 heavy (non-hydrogen) atoms. The number of carbonyl (C=O) groups is 1. The van der Waals surface area contributed by atoms with E-state index in [1.165, 1.54) is 0 Å². The molecule has 0 radical (unpaired) electrons. The lowest BCUT2D eigenvalue weighted by molar-refractivity contribution is -0.119. The molecular formula is C17H19N5O. The van der Waals surface area contributed by atoms with Crippen LogP contribution in [0.4, 0.5) is 5.69 Å². The summed E-state index contributed by atoms with van der Waals surface area (Å²) < 4.78 is 3.37. The SMILES string of the molecule is Cc1cccc(C)c1N(Cn1cccn1)C(=O)Cn1cccn1. The third kappa shape index (κ3) is 3.31. The van der Waals surface area contributed by atoms with Crippen molar-refractivity contribution in [2.24, 2.45) is 0 Å². The van der Waals surface area contributed by atoms with E-state index in [9.17, 15) is 4.79 Å². The molecule has 0 bridgehead atoms. The first-order chi connectivity index (χ1) is 11.1. The van der Waals surface area contributed by atoms with Crippen LogP contribution < -0.4 is 4.90 Å². The molecule has 3 aromatic rings. The Morgan fingerprint density at radius 1 is 1.00 bits per heavy atom. The molecule has 0 unspecified atom stereocenters. The molecule has 0 saturated heterocycles. The van der Waals surface area contributed by atoms with Gasteiger partial charge in [-0.15, -0.1) is 0 Å². The van der Waals surface area contributed by atoms with E-state index in [0.29, 0.717) is 6.67 Å². The predicted octanol–water partition coefficient (Wildman–Crippen LogP) is 2.39. The van der Waals surface area contributed by atoms with E-state index in [-0.39, 0.29) is 12.5 Å². The number of hydrogen-bond acceptors (Lipinski definition) is 3. The molecule has 0 atom stereocenters. The third-order valence-corrected chi connectivity index (χ3v) is 3.71. The van der Waals surface area contributed by atoms with Crippen molar-refractivity contribution < 1.29 is 4.79 Å². The van der Waals surface area contributed by atoms with Crippen LogP contribution in [0.1, 0.15) is 11.1 Å². The van der Waals surface area contributed by atoms with Crippen molar-refractivity contribution in [1.82, 2.24) is 19.6 Å². The number of anilines is 1. The number of aryl methyl sites for hydroxylation is 2. The van der Waals surface area contributed by atoms with Crippen molar-refractivity contribution >= 4 is 11.6 Å². The predicted molar refractivity (Wildman–Crippen MR) is 87.9 cm³/mol. The molecule has 6 nitrogen and oxygen atoms in total. The second kappa shape index (κ2) is 6.48. The quantitative estimate of drug-likeness (QED) is 0.727. The summed E-state index contributed by atoms with van der Waals surface area (Å²) >= 11 is 0. The van der Waals surface area contributed by atoms with Crippen molar-refractivity contribution in [3.63, 3.8) is 0 Å². The van der Waals surface area contributed by atoms with Crippen LogP contribution in [-0.4, -0.2) is 25.5 Å². The van der Waals surface area contributed by atoms with Crippen molar-refractivity contribution in [1.29, 1.82) is 0 Å². The maximum atomic E-state index is 12.9. The van der Waals surface area contributed by atoms with Crippen LogP contribution in [0.25, 0.3) is 0 Å². The molecule has 0 spiro atoms. The van der Waals surface area contributed by atoms with Gasteiger partial charge in [0.15, 0.2) is 0 Å². The highest BCUT2D eigenvalue weighted by Crippen LogP contribution is 2.25. The molecule has 2 heterocycles. The molecule has 0 aliphatic heterocycles. The molecule has 0 saturated carbocycles. The Balaban J connectivity index is 1.94. The van der Waals surface area contributed by atoms with E-state index in [1.807, 2.05) is 50.4 Å².